The molecule has 1 amide bonds. The third kappa shape index (κ3) is 5.37. The summed E-state index contributed by atoms with van der Waals surface area (Å²) < 4.78 is 60.9. The summed E-state index contributed by atoms with van der Waals surface area (Å²) in [6.07, 6.45) is 3.76. The van der Waals surface area contributed by atoms with Crippen molar-refractivity contribution in [2.24, 2.45) is 0 Å². The predicted octanol–water partition coefficient (Wildman–Crippen LogP) is 4.26. The quantitative estimate of drug-likeness (QED) is 0.366. The molecule has 1 aliphatic carbocycles. The van der Waals surface area contributed by atoms with E-state index in [1.54, 1.807) is 26.2 Å². The van der Waals surface area contributed by atoms with Crippen LogP contribution >= 0.6 is 0 Å². The number of carbonyl (C=O) groups excluding carboxylic acids is 1. The fraction of sp³-hybridized carbons (Fsp3) is 0.588. The lowest BCUT2D eigenvalue weighted by atomic mass is 9.86. The third-order valence-electron chi connectivity index (χ3n) is 10.8. The van der Waals surface area contributed by atoms with E-state index < -0.39 is 18.4 Å². The van der Waals surface area contributed by atoms with E-state index in [2.05, 4.69) is 14.9 Å². The van der Waals surface area contributed by atoms with Crippen LogP contribution < -0.4 is 14.4 Å². The van der Waals surface area contributed by atoms with E-state index in [9.17, 15) is 18.0 Å². The lowest BCUT2D eigenvalue weighted by Crippen LogP contribution is -2.43. The van der Waals surface area contributed by atoms with E-state index in [-0.39, 0.29) is 29.8 Å². The van der Waals surface area contributed by atoms with Gasteiger partial charge in [0.05, 0.1) is 35.7 Å². The van der Waals surface area contributed by atoms with Crippen molar-refractivity contribution in [3.05, 3.63) is 58.0 Å². The van der Waals surface area contributed by atoms with Gasteiger partial charge in [-0.1, -0.05) is 12.1 Å². The standard InChI is InChI=1S/C34H40F3N7O4/c1-41(2)30(45)26-14-22-18-42(11-5-13-44(22)40-26)29-24-19-47-34(10-8-23-25(34)6-3-7-28(23)48-31(36)37)16-27(24)38-32(39-29)46-20-33-9-4-12-43(33)17-21(35)15-33/h3,6-7,14,21,31H,4-5,8-13,15-20H2,1-2H3/t21-,33+,34?/m1/s1. The normalized spacial score (nSPS) is 26.3. The number of halogens is 3. The average molecular weight is 668 g/mol. The highest BCUT2D eigenvalue weighted by Crippen LogP contribution is 2.50. The summed E-state index contributed by atoms with van der Waals surface area (Å²) in [4.78, 5) is 28.6. The van der Waals surface area contributed by atoms with Crippen molar-refractivity contribution in [1.82, 2.24) is 29.5 Å². The first-order valence-corrected chi connectivity index (χ1v) is 16.8. The predicted molar refractivity (Wildman–Crippen MR) is 168 cm³/mol. The van der Waals surface area contributed by atoms with Gasteiger partial charge in [0, 0.05) is 57.7 Å². The number of rotatable bonds is 7. The van der Waals surface area contributed by atoms with Crippen LogP contribution in [-0.2, 0) is 42.9 Å². The van der Waals surface area contributed by atoms with Crippen LogP contribution in [0.2, 0.25) is 0 Å². The molecule has 48 heavy (non-hydrogen) atoms. The summed E-state index contributed by atoms with van der Waals surface area (Å²) >= 11 is 0. The summed E-state index contributed by atoms with van der Waals surface area (Å²) in [5.74, 6) is 0.721. The summed E-state index contributed by atoms with van der Waals surface area (Å²) in [7, 11) is 3.42. The molecule has 11 nitrogen and oxygen atoms in total. The van der Waals surface area contributed by atoms with Gasteiger partial charge < -0.3 is 24.0 Å². The molecule has 1 spiro atoms. The minimum atomic E-state index is -2.92. The number of amides is 1. The largest absolute Gasteiger partial charge is 0.461 e. The van der Waals surface area contributed by atoms with Crippen LogP contribution in [0.15, 0.2) is 24.3 Å². The van der Waals surface area contributed by atoms with Gasteiger partial charge in [0.2, 0.25) is 0 Å². The summed E-state index contributed by atoms with van der Waals surface area (Å²) in [5.41, 5.74) is 3.39. The van der Waals surface area contributed by atoms with Gasteiger partial charge in [-0.15, -0.1) is 0 Å². The highest BCUT2D eigenvalue weighted by Gasteiger charge is 2.50. The zero-order valence-electron chi connectivity index (χ0n) is 27.3. The van der Waals surface area contributed by atoms with E-state index in [0.717, 1.165) is 53.9 Å². The summed E-state index contributed by atoms with van der Waals surface area (Å²) in [6.45, 7) is 0.713. The molecule has 0 N–H and O–H groups in total. The molecule has 0 saturated carbocycles. The zero-order valence-corrected chi connectivity index (χ0v) is 27.3. The molecule has 14 heteroatoms. The van der Waals surface area contributed by atoms with Crippen molar-refractivity contribution in [2.45, 2.75) is 88.6 Å². The molecule has 0 bridgehead atoms. The molecule has 8 rings (SSSR count). The van der Waals surface area contributed by atoms with Gasteiger partial charge in [0.1, 0.15) is 24.3 Å². The molecule has 1 aromatic carbocycles. The molecule has 1 unspecified atom stereocenters. The molecule has 3 aromatic rings. The van der Waals surface area contributed by atoms with Crippen LogP contribution in [0.3, 0.4) is 0 Å². The maximum absolute atomic E-state index is 14.6. The molecule has 256 valence electrons. The van der Waals surface area contributed by atoms with Gasteiger partial charge >= 0.3 is 12.6 Å². The van der Waals surface area contributed by atoms with Crippen LogP contribution in [0, 0.1) is 0 Å². The minimum absolute atomic E-state index is 0.155. The minimum Gasteiger partial charge on any atom is -0.461 e. The number of aryl methyl sites for hydroxylation is 1. The third-order valence-corrected chi connectivity index (χ3v) is 10.8. The van der Waals surface area contributed by atoms with Crippen molar-refractivity contribution in [3.63, 3.8) is 0 Å². The van der Waals surface area contributed by atoms with Crippen molar-refractivity contribution in [3.8, 4) is 11.8 Å². The lowest BCUT2D eigenvalue weighted by molar-refractivity contribution is -0.0732. The second-order valence-corrected chi connectivity index (χ2v) is 14.0. The fourth-order valence-electron chi connectivity index (χ4n) is 8.52. The van der Waals surface area contributed by atoms with Gasteiger partial charge in [-0.2, -0.15) is 23.8 Å². The fourth-order valence-corrected chi connectivity index (χ4v) is 8.52. The molecule has 3 atom stereocenters. The Hall–Kier alpha value is -3.91. The maximum Gasteiger partial charge on any atom is 0.387 e. The van der Waals surface area contributed by atoms with Crippen LogP contribution in [0.1, 0.15) is 70.7 Å². The van der Waals surface area contributed by atoms with Crippen LogP contribution in [0.5, 0.6) is 11.8 Å². The van der Waals surface area contributed by atoms with Crippen molar-refractivity contribution in [2.75, 3.05) is 45.2 Å². The van der Waals surface area contributed by atoms with Gasteiger partial charge in [-0.25, -0.2) is 4.39 Å². The Balaban J connectivity index is 1.15. The van der Waals surface area contributed by atoms with Gasteiger partial charge in [-0.05, 0) is 56.3 Å². The monoisotopic (exact) mass is 667 g/mol. The molecule has 2 fully saturated rings. The first-order valence-electron chi connectivity index (χ1n) is 16.8. The van der Waals surface area contributed by atoms with Crippen LogP contribution in [-0.4, -0.2) is 94.1 Å². The smallest absolute Gasteiger partial charge is 0.387 e. The molecule has 6 heterocycles. The van der Waals surface area contributed by atoms with Gasteiger partial charge in [0.25, 0.3) is 5.91 Å². The Morgan fingerprint density at radius 1 is 1.15 bits per heavy atom. The molecule has 0 radical (unpaired) electrons. The number of benzene rings is 1. The molecule has 2 aromatic heterocycles. The Kier molecular flexibility index (Phi) is 7.78. The number of aromatic nitrogens is 4. The molecular weight excluding hydrogens is 627 g/mol. The van der Waals surface area contributed by atoms with Crippen molar-refractivity contribution in [1.29, 1.82) is 0 Å². The Bertz CT molecular complexity index is 1740. The van der Waals surface area contributed by atoms with Gasteiger partial charge in [-0.3, -0.25) is 14.4 Å². The molecule has 2 saturated heterocycles. The summed E-state index contributed by atoms with van der Waals surface area (Å²) in [5, 5.41) is 4.59. The zero-order chi connectivity index (χ0) is 33.2. The number of alkyl halides is 3. The average Bonchev–Trinajstić information content (AvgIpc) is 3.78. The second kappa shape index (κ2) is 11.9. The maximum atomic E-state index is 14.6. The SMILES string of the molecule is CN(C)C(=O)c1cc2n(n1)CCCN(c1nc(OC[C@@]34CCCN3C[C@H](F)C4)nc3c1COC1(CCc4c(OC(F)F)cccc41)C3)C2. The Morgan fingerprint density at radius 3 is 2.85 bits per heavy atom. The van der Waals surface area contributed by atoms with Crippen LogP contribution in [0.25, 0.3) is 0 Å². The first kappa shape index (κ1) is 31.4. The molecular formula is C34H40F3N7O4. The second-order valence-electron chi connectivity index (χ2n) is 14.0. The Labute approximate surface area is 277 Å². The molecule has 4 aliphatic heterocycles. The highest BCUT2D eigenvalue weighted by molar-refractivity contribution is 5.92. The summed E-state index contributed by atoms with van der Waals surface area (Å²) in [6, 6.07) is 7.30. The number of ether oxygens (including phenoxy) is 3. The number of carbonyl (C=O) groups is 1. The number of anilines is 1. The first-order chi connectivity index (χ1) is 23.1. The number of hydrogen-bond donors (Lipinski definition) is 0. The van der Waals surface area contributed by atoms with E-state index in [1.165, 1.54) is 4.90 Å². The van der Waals surface area contributed by atoms with Crippen molar-refractivity contribution < 1.29 is 32.2 Å². The highest BCUT2D eigenvalue weighted by atomic mass is 19.3. The Morgan fingerprint density at radius 2 is 2.02 bits per heavy atom. The van der Waals surface area contributed by atoms with E-state index in [0.29, 0.717) is 70.0 Å². The van der Waals surface area contributed by atoms with Crippen LogP contribution in [0.4, 0.5) is 19.0 Å². The van der Waals surface area contributed by atoms with Crippen molar-refractivity contribution >= 4 is 11.7 Å². The number of hydrogen-bond acceptors (Lipinski definition) is 9. The topological polar surface area (TPSA) is 98.1 Å². The van der Waals surface area contributed by atoms with Gasteiger partial charge in [0.15, 0.2) is 5.69 Å². The number of fused-ring (bicyclic) bond motifs is 5. The lowest BCUT2D eigenvalue weighted by Gasteiger charge is -2.37. The van der Waals surface area contributed by atoms with E-state index >= 15 is 0 Å². The van der Waals surface area contributed by atoms with E-state index in [4.69, 9.17) is 24.2 Å². The van der Waals surface area contributed by atoms with E-state index in [1.807, 2.05) is 16.8 Å². The number of nitrogens with zero attached hydrogens (tertiary/aromatic N) is 7. The molecule has 5 aliphatic rings.